The molecule has 0 bridgehead atoms. The SMILES string of the molecule is C/C=N\N(C)CCBr. The van der Waals surface area contributed by atoms with Gasteiger partial charge >= 0.3 is 0 Å². The van der Waals surface area contributed by atoms with Gasteiger partial charge in [0, 0.05) is 25.1 Å². The number of rotatable bonds is 3. The maximum Gasteiger partial charge on any atom is 0.0453 e. The minimum absolute atomic E-state index is 0.963. The lowest BCUT2D eigenvalue weighted by atomic mass is 10.7. The fourth-order valence-electron chi connectivity index (χ4n) is 0.377. The Morgan fingerprint density at radius 3 is 2.75 bits per heavy atom. The van der Waals surface area contributed by atoms with Crippen molar-refractivity contribution in [3.05, 3.63) is 0 Å². The van der Waals surface area contributed by atoms with Gasteiger partial charge in [0.05, 0.1) is 0 Å². The van der Waals surface area contributed by atoms with E-state index in [0.29, 0.717) is 0 Å². The molecule has 0 atom stereocenters. The van der Waals surface area contributed by atoms with Crippen LogP contribution >= 0.6 is 15.9 Å². The Morgan fingerprint density at radius 2 is 2.38 bits per heavy atom. The van der Waals surface area contributed by atoms with Crippen molar-refractivity contribution >= 4 is 22.1 Å². The molecule has 0 aliphatic heterocycles. The summed E-state index contributed by atoms with van der Waals surface area (Å²) in [6.07, 6.45) is 1.78. The van der Waals surface area contributed by atoms with E-state index in [1.165, 1.54) is 0 Å². The van der Waals surface area contributed by atoms with E-state index in [1.807, 2.05) is 19.0 Å². The number of alkyl halides is 1. The molecule has 0 amide bonds. The molecule has 0 aromatic rings. The summed E-state index contributed by atoms with van der Waals surface area (Å²) < 4.78 is 0. The van der Waals surface area contributed by atoms with Crippen LogP contribution in [0.1, 0.15) is 6.92 Å². The van der Waals surface area contributed by atoms with Crippen LogP contribution in [0.2, 0.25) is 0 Å². The molecule has 0 aliphatic rings. The Bertz CT molecular complexity index is 72.8. The standard InChI is InChI=1S/C5H11BrN2/c1-3-7-8(2)5-4-6/h3H,4-5H2,1-2H3/b7-3-. The number of hydrogen-bond acceptors (Lipinski definition) is 2. The average Bonchev–Trinajstić information content (AvgIpc) is 1.68. The van der Waals surface area contributed by atoms with Gasteiger partial charge in [0.1, 0.15) is 0 Å². The summed E-state index contributed by atoms with van der Waals surface area (Å²) in [7, 11) is 1.95. The van der Waals surface area contributed by atoms with Crippen molar-refractivity contribution in [2.75, 3.05) is 18.9 Å². The molecular weight excluding hydrogens is 168 g/mol. The minimum atomic E-state index is 0.963. The zero-order chi connectivity index (χ0) is 6.41. The predicted molar refractivity (Wildman–Crippen MR) is 40.6 cm³/mol. The third-order valence-electron chi connectivity index (χ3n) is 0.721. The van der Waals surface area contributed by atoms with E-state index in [9.17, 15) is 0 Å². The summed E-state index contributed by atoms with van der Waals surface area (Å²) in [6, 6.07) is 0. The first-order valence-corrected chi connectivity index (χ1v) is 3.69. The zero-order valence-electron chi connectivity index (χ0n) is 5.26. The Kier molecular flexibility index (Phi) is 5.06. The highest BCUT2D eigenvalue weighted by Gasteiger charge is 1.84. The van der Waals surface area contributed by atoms with Gasteiger partial charge in [-0.1, -0.05) is 15.9 Å². The molecule has 48 valence electrons. The van der Waals surface area contributed by atoms with Crippen molar-refractivity contribution in [2.45, 2.75) is 6.92 Å². The Balaban J connectivity index is 3.17. The number of halogens is 1. The molecule has 0 aromatic carbocycles. The first-order valence-electron chi connectivity index (χ1n) is 2.57. The van der Waals surface area contributed by atoms with E-state index >= 15 is 0 Å². The second-order valence-corrected chi connectivity index (χ2v) is 2.24. The summed E-state index contributed by atoms with van der Waals surface area (Å²) in [5.41, 5.74) is 0. The van der Waals surface area contributed by atoms with Gasteiger partial charge in [0.25, 0.3) is 0 Å². The van der Waals surface area contributed by atoms with Gasteiger partial charge in [-0.15, -0.1) is 0 Å². The third kappa shape index (κ3) is 4.12. The van der Waals surface area contributed by atoms with Crippen LogP contribution in [0.15, 0.2) is 5.10 Å². The van der Waals surface area contributed by atoms with Gasteiger partial charge in [0.2, 0.25) is 0 Å². The highest BCUT2D eigenvalue weighted by Crippen LogP contribution is 1.85. The molecular formula is C5H11BrN2. The molecule has 0 saturated carbocycles. The molecule has 0 aromatic heterocycles. The van der Waals surface area contributed by atoms with Crippen LogP contribution in [0.4, 0.5) is 0 Å². The van der Waals surface area contributed by atoms with E-state index in [4.69, 9.17) is 0 Å². The van der Waals surface area contributed by atoms with E-state index in [-0.39, 0.29) is 0 Å². The van der Waals surface area contributed by atoms with Crippen molar-refractivity contribution in [1.29, 1.82) is 0 Å². The van der Waals surface area contributed by atoms with Crippen molar-refractivity contribution in [3.8, 4) is 0 Å². The van der Waals surface area contributed by atoms with Crippen LogP contribution in [0.25, 0.3) is 0 Å². The predicted octanol–water partition coefficient (Wildman–Crippen LogP) is 1.32. The van der Waals surface area contributed by atoms with E-state index in [0.717, 1.165) is 11.9 Å². The summed E-state index contributed by atoms with van der Waals surface area (Å²) >= 11 is 3.30. The Morgan fingerprint density at radius 1 is 1.75 bits per heavy atom. The number of hydrogen-bond donors (Lipinski definition) is 0. The maximum atomic E-state index is 3.99. The largest absolute Gasteiger partial charge is 0.300 e. The van der Waals surface area contributed by atoms with Crippen molar-refractivity contribution in [3.63, 3.8) is 0 Å². The lowest BCUT2D eigenvalue weighted by molar-refractivity contribution is 0.381. The maximum absolute atomic E-state index is 3.99. The monoisotopic (exact) mass is 178 g/mol. The second kappa shape index (κ2) is 5.09. The lowest BCUT2D eigenvalue weighted by Crippen LogP contribution is -2.12. The Hall–Kier alpha value is -0.0500. The van der Waals surface area contributed by atoms with Crippen LogP contribution in [0.3, 0.4) is 0 Å². The lowest BCUT2D eigenvalue weighted by Gasteiger charge is -2.08. The van der Waals surface area contributed by atoms with Gasteiger partial charge in [-0.05, 0) is 6.92 Å². The molecule has 0 radical (unpaired) electrons. The van der Waals surface area contributed by atoms with Crippen LogP contribution in [-0.2, 0) is 0 Å². The normalized spacial score (nSPS) is 10.4. The van der Waals surface area contributed by atoms with Crippen LogP contribution in [0.5, 0.6) is 0 Å². The van der Waals surface area contributed by atoms with E-state index < -0.39 is 0 Å². The summed E-state index contributed by atoms with van der Waals surface area (Å²) in [6.45, 7) is 2.87. The third-order valence-corrected chi connectivity index (χ3v) is 1.08. The smallest absolute Gasteiger partial charge is 0.0453 e. The molecule has 2 nitrogen and oxygen atoms in total. The Labute approximate surface area is 58.7 Å². The molecule has 0 aliphatic carbocycles. The molecule has 0 fully saturated rings. The number of nitrogens with zero attached hydrogens (tertiary/aromatic N) is 2. The topological polar surface area (TPSA) is 15.6 Å². The van der Waals surface area contributed by atoms with Gasteiger partial charge in [-0.3, -0.25) is 5.01 Å². The molecule has 0 N–H and O–H groups in total. The van der Waals surface area contributed by atoms with Gasteiger partial charge in [-0.25, -0.2) is 0 Å². The highest BCUT2D eigenvalue weighted by atomic mass is 79.9. The van der Waals surface area contributed by atoms with Crippen LogP contribution in [0, 0.1) is 0 Å². The van der Waals surface area contributed by atoms with Crippen LogP contribution in [-0.4, -0.2) is 30.1 Å². The molecule has 0 unspecified atom stereocenters. The fraction of sp³-hybridized carbons (Fsp3) is 0.800. The first kappa shape index (κ1) is 7.95. The van der Waals surface area contributed by atoms with Crippen molar-refractivity contribution < 1.29 is 0 Å². The summed E-state index contributed by atoms with van der Waals surface area (Å²) in [5, 5.41) is 6.85. The quantitative estimate of drug-likeness (QED) is 0.362. The van der Waals surface area contributed by atoms with E-state index in [1.54, 1.807) is 6.21 Å². The molecule has 0 saturated heterocycles. The summed E-state index contributed by atoms with van der Waals surface area (Å²) in [4.78, 5) is 0. The average molecular weight is 179 g/mol. The number of hydrazone groups is 1. The highest BCUT2D eigenvalue weighted by molar-refractivity contribution is 9.09. The summed E-state index contributed by atoms with van der Waals surface area (Å²) in [5.74, 6) is 0. The molecule has 8 heavy (non-hydrogen) atoms. The van der Waals surface area contributed by atoms with Crippen LogP contribution < -0.4 is 0 Å². The first-order chi connectivity index (χ1) is 3.81. The van der Waals surface area contributed by atoms with Gasteiger partial charge in [-0.2, -0.15) is 5.10 Å². The minimum Gasteiger partial charge on any atom is -0.300 e. The zero-order valence-corrected chi connectivity index (χ0v) is 6.85. The van der Waals surface area contributed by atoms with Crippen molar-refractivity contribution in [1.82, 2.24) is 5.01 Å². The molecule has 0 rings (SSSR count). The second-order valence-electron chi connectivity index (χ2n) is 1.44. The molecule has 0 heterocycles. The molecule has 3 heteroatoms. The molecule has 0 spiro atoms. The van der Waals surface area contributed by atoms with Gasteiger partial charge < -0.3 is 0 Å². The van der Waals surface area contributed by atoms with Gasteiger partial charge in [0.15, 0.2) is 0 Å². The van der Waals surface area contributed by atoms with E-state index in [2.05, 4.69) is 21.0 Å². The fourth-order valence-corrected chi connectivity index (χ4v) is 0.890. The van der Waals surface area contributed by atoms with Crippen molar-refractivity contribution in [2.24, 2.45) is 5.10 Å².